The summed E-state index contributed by atoms with van der Waals surface area (Å²) in [5.41, 5.74) is 5.81. The van der Waals surface area contributed by atoms with E-state index in [2.05, 4.69) is 49.0 Å². The molecule has 2 N–H and O–H groups in total. The van der Waals surface area contributed by atoms with E-state index in [1.54, 1.807) is 12.1 Å². The number of imidazole rings is 2. The number of hydrogen-bond donors (Lipinski definition) is 2. The molecule has 0 saturated carbocycles. The molecule has 6 aromatic heterocycles. The topological polar surface area (TPSA) is 140 Å². The summed E-state index contributed by atoms with van der Waals surface area (Å²) in [4.78, 5) is 53.0. The van der Waals surface area contributed by atoms with Gasteiger partial charge < -0.3 is 30.0 Å². The van der Waals surface area contributed by atoms with E-state index in [1.165, 1.54) is 0 Å². The molecule has 14 nitrogen and oxygen atoms in total. The molecule has 0 unspecified atom stereocenters. The average molecular weight is 783 g/mol. The largest absolute Gasteiger partial charge is 0.478 e. The number of likely N-dealkylation sites (N-methyl/N-ethyl adjacent to an activating group) is 2. The van der Waals surface area contributed by atoms with E-state index in [1.807, 2.05) is 81.6 Å². The number of nitrogens with one attached hydrogen (secondary N) is 1. The molecule has 0 spiro atoms. The van der Waals surface area contributed by atoms with Gasteiger partial charge in [-0.15, -0.1) is 0 Å². The molecule has 8 heterocycles. The number of fused-ring (bicyclic) bond motifs is 10. The Labute approximate surface area is 340 Å². The predicted molar refractivity (Wildman–Crippen MR) is 232 cm³/mol. The van der Waals surface area contributed by atoms with Crippen LogP contribution in [0.4, 0.5) is 11.6 Å². The van der Waals surface area contributed by atoms with Crippen LogP contribution in [0.2, 0.25) is 0 Å². The summed E-state index contributed by atoms with van der Waals surface area (Å²) in [6.07, 6.45) is 2.16. The van der Waals surface area contributed by atoms with Crippen LogP contribution in [0.25, 0.3) is 55.4 Å². The summed E-state index contributed by atoms with van der Waals surface area (Å²) in [5.74, 6) is 0.130. The summed E-state index contributed by atoms with van der Waals surface area (Å²) in [6.45, 7) is 5.23. The third-order valence-electron chi connectivity index (χ3n) is 11.1. The molecule has 2 aliphatic rings. The van der Waals surface area contributed by atoms with Gasteiger partial charge in [-0.1, -0.05) is 31.7 Å². The van der Waals surface area contributed by atoms with Gasteiger partial charge >= 0.3 is 5.97 Å². The first-order chi connectivity index (χ1) is 28.9. The first-order valence-electron chi connectivity index (χ1n) is 20.8. The Balaban J connectivity index is 0.000000167. The van der Waals surface area contributed by atoms with Crippen molar-refractivity contribution in [1.82, 2.24) is 43.9 Å². The minimum Gasteiger partial charge on any atom is -0.478 e. The van der Waals surface area contributed by atoms with E-state index in [9.17, 15) is 14.7 Å². The molecule has 298 valence electrons. The molecule has 0 aliphatic carbocycles. The third-order valence-corrected chi connectivity index (χ3v) is 11.1. The smallest absolute Gasteiger partial charge is 0.339 e. The molecule has 2 aliphatic heterocycles. The van der Waals surface area contributed by atoms with Gasteiger partial charge in [0.1, 0.15) is 28.5 Å². The maximum atomic E-state index is 12.8. The van der Waals surface area contributed by atoms with Crippen molar-refractivity contribution in [1.29, 1.82) is 0 Å². The number of carbonyl (C=O) groups is 2. The Kier molecular flexibility index (Phi) is 9.53. The van der Waals surface area contributed by atoms with Gasteiger partial charge in [0.2, 0.25) is 0 Å². The Morgan fingerprint density at radius 2 is 1.09 bits per heavy atom. The number of carboxylic acid groups (broad SMARTS) is 1. The number of carboxylic acids is 1. The molecule has 14 heteroatoms. The van der Waals surface area contributed by atoms with Crippen LogP contribution in [-0.4, -0.2) is 129 Å². The summed E-state index contributed by atoms with van der Waals surface area (Å²) in [7, 11) is 4.27. The van der Waals surface area contributed by atoms with E-state index in [-0.39, 0.29) is 18.6 Å². The van der Waals surface area contributed by atoms with Crippen LogP contribution in [0.1, 0.15) is 45.1 Å². The lowest BCUT2D eigenvalue weighted by molar-refractivity contribution is 0.0698. The number of nitrogens with zero attached hydrogens (tertiary/aromatic N) is 10. The number of carbonyl (C=O) groups excluding carboxylic acids is 1. The average Bonchev–Trinajstić information content (AvgIpc) is 3.64. The summed E-state index contributed by atoms with van der Waals surface area (Å²) < 4.78 is 26.0. The number of pyridine rings is 4. The van der Waals surface area contributed by atoms with Crippen LogP contribution >= 0.6 is 0 Å². The highest BCUT2D eigenvalue weighted by Gasteiger charge is 2.22. The molecule has 2 saturated heterocycles. The van der Waals surface area contributed by atoms with Crippen LogP contribution < -0.4 is 15.1 Å². The normalized spacial score (nSPS) is 16.7. The molecular weight excluding hydrogens is 731 g/mol. The number of rotatable bonds is 4. The van der Waals surface area contributed by atoms with E-state index < -0.39 is 18.9 Å². The van der Waals surface area contributed by atoms with Crippen LogP contribution in [0.5, 0.6) is 0 Å². The summed E-state index contributed by atoms with van der Waals surface area (Å²) in [6, 6.07) is 26.5. The summed E-state index contributed by atoms with van der Waals surface area (Å²) in [5, 5.41) is 13.3. The molecule has 0 bridgehead atoms. The van der Waals surface area contributed by atoms with Crippen molar-refractivity contribution < 1.29 is 18.8 Å². The van der Waals surface area contributed by atoms with Gasteiger partial charge in [-0.3, -0.25) is 13.6 Å². The molecule has 2 fully saturated rings. The van der Waals surface area contributed by atoms with Crippen LogP contribution in [0, 0.1) is 0 Å². The standard InChI is InChI=1S/C22H24N6O.C21H21N5O2.CH4/c1-23-22(29)16-14-15-8-9-19(27-11-5-10-26(2)12-13-27)25-20(15)28-18-7-4-3-6-17(18)24-21(16)28;1-24-9-4-10-25(12-11-24)18-8-7-14-13-15(21(27)28)20-22-16-5-2-3-6-17(16)26(20)19(14)23-18;/h3-4,6-9,14H,5,10-13H2,1-2H3,(H,23,29);2-3,5-8,13H,4,9-12H2,1H3,(H,27,28);1H4/i1D3;;. The van der Waals surface area contributed by atoms with Gasteiger partial charge in [-0.2, -0.15) is 0 Å². The molecule has 8 aromatic rings. The maximum Gasteiger partial charge on any atom is 0.339 e. The zero-order valence-electron chi connectivity index (χ0n) is 34.9. The van der Waals surface area contributed by atoms with Crippen molar-refractivity contribution in [3.05, 3.63) is 96.1 Å². The van der Waals surface area contributed by atoms with Gasteiger partial charge in [-0.25, -0.2) is 24.7 Å². The van der Waals surface area contributed by atoms with Gasteiger partial charge in [0.25, 0.3) is 5.91 Å². The zero-order chi connectivity index (χ0) is 41.7. The molecular formula is C44H49N11O3. The molecule has 0 radical (unpaired) electrons. The second-order valence-corrected chi connectivity index (χ2v) is 14.8. The Bertz CT molecular complexity index is 2950. The SMILES string of the molecule is C.CN1CCCN(c2ccc3cc(C(=O)O)c4nc5ccccc5n4c3n2)CC1.[2H]C([2H])([2H])NC(=O)c1cc2ccc(N3CCCN(C)CC3)nc2n2c1nc1ccccc12. The van der Waals surface area contributed by atoms with E-state index in [0.717, 1.165) is 110 Å². The fourth-order valence-corrected chi connectivity index (χ4v) is 8.06. The van der Waals surface area contributed by atoms with Crippen molar-refractivity contribution in [2.45, 2.75) is 20.3 Å². The van der Waals surface area contributed by atoms with E-state index in [4.69, 9.17) is 14.1 Å². The predicted octanol–water partition coefficient (Wildman–Crippen LogP) is 6.05. The number of aromatic carboxylic acids is 1. The molecule has 1 amide bonds. The first-order valence-corrected chi connectivity index (χ1v) is 19.3. The molecule has 0 atom stereocenters. The van der Waals surface area contributed by atoms with Crippen molar-refractivity contribution in [3.63, 3.8) is 0 Å². The van der Waals surface area contributed by atoms with Crippen molar-refractivity contribution in [2.75, 3.05) is 83.2 Å². The number of para-hydroxylation sites is 4. The highest BCUT2D eigenvalue weighted by Crippen LogP contribution is 2.29. The van der Waals surface area contributed by atoms with Gasteiger partial charge in [0, 0.05) is 61.1 Å². The minimum atomic E-state index is -2.59. The lowest BCUT2D eigenvalue weighted by atomic mass is 10.2. The van der Waals surface area contributed by atoms with Crippen molar-refractivity contribution in [3.8, 4) is 0 Å². The van der Waals surface area contributed by atoms with Crippen LogP contribution in [-0.2, 0) is 0 Å². The minimum absolute atomic E-state index is 0. The van der Waals surface area contributed by atoms with Gasteiger partial charge in [0.15, 0.2) is 11.3 Å². The fraction of sp³-hybridized carbons (Fsp3) is 0.318. The molecule has 58 heavy (non-hydrogen) atoms. The number of amides is 1. The van der Waals surface area contributed by atoms with Crippen molar-refractivity contribution >= 4 is 78.9 Å². The molecule has 10 rings (SSSR count). The Hall–Kier alpha value is -6.38. The monoisotopic (exact) mass is 782 g/mol. The van der Waals surface area contributed by atoms with Gasteiger partial charge in [0.05, 0.1) is 27.6 Å². The highest BCUT2D eigenvalue weighted by atomic mass is 16.4. The van der Waals surface area contributed by atoms with Crippen LogP contribution in [0.3, 0.4) is 0 Å². The summed E-state index contributed by atoms with van der Waals surface area (Å²) >= 11 is 0. The number of anilines is 2. The highest BCUT2D eigenvalue weighted by molar-refractivity contribution is 6.06. The fourth-order valence-electron chi connectivity index (χ4n) is 8.06. The van der Waals surface area contributed by atoms with Crippen molar-refractivity contribution in [2.24, 2.45) is 0 Å². The number of hydrogen-bond acceptors (Lipinski definition) is 10. The lowest BCUT2D eigenvalue weighted by Crippen LogP contribution is -2.29. The Morgan fingerprint density at radius 3 is 1.59 bits per heavy atom. The van der Waals surface area contributed by atoms with E-state index >= 15 is 0 Å². The second kappa shape index (κ2) is 15.9. The number of benzene rings is 2. The molecule has 2 aromatic carbocycles. The lowest BCUT2D eigenvalue weighted by Gasteiger charge is -2.22. The second-order valence-electron chi connectivity index (χ2n) is 14.8. The van der Waals surface area contributed by atoms with E-state index in [0.29, 0.717) is 22.5 Å². The quantitative estimate of drug-likeness (QED) is 0.216. The first kappa shape index (κ1) is 34.8. The Morgan fingerprint density at radius 1 is 0.603 bits per heavy atom. The third kappa shape index (κ3) is 6.98. The maximum absolute atomic E-state index is 12.8. The zero-order valence-corrected chi connectivity index (χ0v) is 31.9. The number of aromatic nitrogens is 6. The van der Waals surface area contributed by atoms with Crippen LogP contribution in [0.15, 0.2) is 84.9 Å². The van der Waals surface area contributed by atoms with Gasteiger partial charge in [-0.05, 0) is 101 Å².